The summed E-state index contributed by atoms with van der Waals surface area (Å²) < 4.78 is 24.6. The predicted molar refractivity (Wildman–Crippen MR) is 108 cm³/mol. The average molecular weight is 421 g/mol. The molecule has 0 aliphatic carbocycles. The number of hydrogen-bond donors (Lipinski definition) is 1. The summed E-state index contributed by atoms with van der Waals surface area (Å²) in [5.74, 6) is -1.11. The number of hydrogen-bond acceptors (Lipinski definition) is 7. The maximum absolute atomic E-state index is 12.7. The molecule has 1 N–H and O–H groups in total. The molecule has 2 rings (SSSR count). The van der Waals surface area contributed by atoms with Gasteiger partial charge in [-0.1, -0.05) is 35.1 Å². The quantitative estimate of drug-likeness (QED) is 0.290. The summed E-state index contributed by atoms with van der Waals surface area (Å²) in [4.78, 5) is 30.3. The first kappa shape index (κ1) is 21.8. The molecule has 0 amide bonds. The number of rotatable bonds is 9. The lowest BCUT2D eigenvalue weighted by Crippen LogP contribution is -2.27. The van der Waals surface area contributed by atoms with Gasteiger partial charge in [0.2, 0.25) is 15.8 Å². The molecule has 0 spiro atoms. The molecular formula is C19H20N2O5S2. The molecule has 0 saturated heterocycles. The number of oxime groups is 1. The van der Waals surface area contributed by atoms with E-state index in [0.29, 0.717) is 5.56 Å². The van der Waals surface area contributed by atoms with Crippen LogP contribution in [0.1, 0.15) is 23.7 Å². The lowest BCUT2D eigenvalue weighted by atomic mass is 10.1. The van der Waals surface area contributed by atoms with Crippen LogP contribution in [-0.4, -0.2) is 38.7 Å². The summed E-state index contributed by atoms with van der Waals surface area (Å²) in [7, 11) is -3.40. The minimum atomic E-state index is -3.40. The Morgan fingerprint density at radius 3 is 2.21 bits per heavy atom. The van der Waals surface area contributed by atoms with Gasteiger partial charge in [-0.2, -0.15) is 0 Å². The van der Waals surface area contributed by atoms with E-state index >= 15 is 0 Å². The Labute approximate surface area is 168 Å². The molecule has 0 heterocycles. The van der Waals surface area contributed by atoms with Crippen molar-refractivity contribution < 1.29 is 22.8 Å². The highest BCUT2D eigenvalue weighted by molar-refractivity contribution is 7.99. The maximum atomic E-state index is 12.7. The zero-order chi connectivity index (χ0) is 20.6. The van der Waals surface area contributed by atoms with E-state index in [1.54, 1.807) is 23.9 Å². The van der Waals surface area contributed by atoms with Crippen molar-refractivity contribution >= 4 is 39.2 Å². The van der Waals surface area contributed by atoms with E-state index in [2.05, 4.69) is 14.7 Å². The van der Waals surface area contributed by atoms with E-state index in [1.165, 1.54) is 0 Å². The van der Waals surface area contributed by atoms with Gasteiger partial charge in [-0.15, -0.1) is 0 Å². The molecule has 0 aliphatic heterocycles. The molecule has 2 aromatic rings. The topological polar surface area (TPSA) is 102 Å². The van der Waals surface area contributed by atoms with Gasteiger partial charge in [0.25, 0.3) is 0 Å². The standard InChI is InChI=1S/C19H20N2O5S2/c1-14(22)26-21-18(12-13-20-28(2,24)25)19(23)15-8-10-17(11-9-15)27-16-6-4-3-5-7-16/h3-11,20H,12-13H2,1-2H3. The first-order valence-electron chi connectivity index (χ1n) is 8.31. The molecule has 7 nitrogen and oxygen atoms in total. The zero-order valence-electron chi connectivity index (χ0n) is 15.4. The number of nitrogens with zero attached hydrogens (tertiary/aromatic N) is 1. The van der Waals surface area contributed by atoms with Gasteiger partial charge in [0.15, 0.2) is 0 Å². The van der Waals surface area contributed by atoms with Crippen molar-refractivity contribution in [2.24, 2.45) is 5.16 Å². The number of benzene rings is 2. The van der Waals surface area contributed by atoms with Gasteiger partial charge in [0.05, 0.1) is 6.26 Å². The number of sulfonamides is 1. The van der Waals surface area contributed by atoms with Crippen LogP contribution in [0.4, 0.5) is 0 Å². The molecule has 2 aromatic carbocycles. The van der Waals surface area contributed by atoms with Crippen molar-refractivity contribution in [1.29, 1.82) is 0 Å². The predicted octanol–water partition coefficient (Wildman–Crippen LogP) is 2.88. The molecule has 0 unspecified atom stereocenters. The van der Waals surface area contributed by atoms with Crippen molar-refractivity contribution in [2.75, 3.05) is 12.8 Å². The van der Waals surface area contributed by atoms with E-state index in [9.17, 15) is 18.0 Å². The third kappa shape index (κ3) is 7.63. The molecule has 9 heteroatoms. The fourth-order valence-corrected chi connectivity index (χ4v) is 3.45. The maximum Gasteiger partial charge on any atom is 0.331 e. The van der Waals surface area contributed by atoms with Crippen LogP contribution in [0.25, 0.3) is 0 Å². The molecule has 0 aromatic heterocycles. The average Bonchev–Trinajstić information content (AvgIpc) is 2.64. The molecule has 148 valence electrons. The largest absolute Gasteiger partial charge is 0.331 e. The van der Waals surface area contributed by atoms with E-state index < -0.39 is 21.8 Å². The van der Waals surface area contributed by atoms with E-state index in [4.69, 9.17) is 0 Å². The molecule has 0 radical (unpaired) electrons. The third-order valence-corrected chi connectivity index (χ3v) is 5.11. The van der Waals surface area contributed by atoms with Gasteiger partial charge in [-0.3, -0.25) is 4.79 Å². The van der Waals surface area contributed by atoms with Gasteiger partial charge in [0, 0.05) is 35.2 Å². The van der Waals surface area contributed by atoms with Gasteiger partial charge in [-0.25, -0.2) is 17.9 Å². The second-order valence-corrected chi connectivity index (χ2v) is 8.79. The lowest BCUT2D eigenvalue weighted by molar-refractivity contribution is -0.140. The molecule has 0 aliphatic rings. The first-order chi connectivity index (χ1) is 13.2. The number of Topliss-reactive ketones (excluding diaryl/α,β-unsaturated/α-hetero) is 1. The minimum absolute atomic E-state index is 0.0142. The molecule has 0 saturated carbocycles. The number of carbonyl (C=O) groups is 2. The Kier molecular flexibility index (Phi) is 7.91. The van der Waals surface area contributed by atoms with E-state index in [0.717, 1.165) is 23.0 Å². The SMILES string of the molecule is CC(=O)ON=C(CCNS(C)(=O)=O)C(=O)c1ccc(Sc2ccccc2)cc1. The van der Waals surface area contributed by atoms with E-state index in [1.807, 2.05) is 42.5 Å². The lowest BCUT2D eigenvalue weighted by Gasteiger charge is -2.07. The molecule has 0 atom stereocenters. The fraction of sp³-hybridized carbons (Fsp3) is 0.211. The van der Waals surface area contributed by atoms with Gasteiger partial charge in [0.1, 0.15) is 5.71 Å². The zero-order valence-corrected chi connectivity index (χ0v) is 17.0. The highest BCUT2D eigenvalue weighted by Crippen LogP contribution is 2.27. The van der Waals surface area contributed by atoms with Gasteiger partial charge < -0.3 is 4.84 Å². The second kappa shape index (κ2) is 10.2. The third-order valence-electron chi connectivity index (χ3n) is 3.37. The monoisotopic (exact) mass is 420 g/mol. The van der Waals surface area contributed by atoms with Gasteiger partial charge in [-0.05, 0) is 36.4 Å². The van der Waals surface area contributed by atoms with Gasteiger partial charge >= 0.3 is 5.97 Å². The Morgan fingerprint density at radius 1 is 1.04 bits per heavy atom. The summed E-state index contributed by atoms with van der Waals surface area (Å²) in [6.07, 6.45) is 1.00. The van der Waals surface area contributed by atoms with Crippen molar-refractivity contribution in [3.05, 3.63) is 60.2 Å². The Hall–Kier alpha value is -2.49. The van der Waals surface area contributed by atoms with Crippen LogP contribution in [0.2, 0.25) is 0 Å². The summed E-state index contributed by atoms with van der Waals surface area (Å²) in [6, 6.07) is 16.7. The molecule has 0 bridgehead atoms. The van der Waals surface area contributed by atoms with Crippen molar-refractivity contribution in [3.8, 4) is 0 Å². The van der Waals surface area contributed by atoms with Crippen LogP contribution >= 0.6 is 11.8 Å². The van der Waals surface area contributed by atoms with E-state index in [-0.39, 0.29) is 18.7 Å². The number of ketones is 1. The second-order valence-electron chi connectivity index (χ2n) is 5.81. The van der Waals surface area contributed by atoms with Crippen LogP contribution in [0.15, 0.2) is 69.5 Å². The van der Waals surface area contributed by atoms with Crippen molar-refractivity contribution in [2.45, 2.75) is 23.1 Å². The Bertz CT molecular complexity index is 956. The summed E-state index contributed by atoms with van der Waals surface area (Å²) in [6.45, 7) is 1.13. The number of nitrogens with one attached hydrogen (secondary N) is 1. The molecule has 0 fully saturated rings. The van der Waals surface area contributed by atoms with Crippen LogP contribution in [0, 0.1) is 0 Å². The van der Waals surface area contributed by atoms with Crippen LogP contribution in [0.5, 0.6) is 0 Å². The molecule has 28 heavy (non-hydrogen) atoms. The summed E-state index contributed by atoms with van der Waals surface area (Å²) >= 11 is 1.56. The highest BCUT2D eigenvalue weighted by atomic mass is 32.2. The Balaban J connectivity index is 2.11. The highest BCUT2D eigenvalue weighted by Gasteiger charge is 2.16. The number of carbonyl (C=O) groups excluding carboxylic acids is 2. The van der Waals surface area contributed by atoms with Crippen LogP contribution < -0.4 is 4.72 Å². The normalized spacial score (nSPS) is 11.9. The smallest absolute Gasteiger partial charge is 0.318 e. The first-order valence-corrected chi connectivity index (χ1v) is 11.0. The van der Waals surface area contributed by atoms with Crippen molar-refractivity contribution in [1.82, 2.24) is 4.72 Å². The minimum Gasteiger partial charge on any atom is -0.318 e. The molecular weight excluding hydrogens is 400 g/mol. The Morgan fingerprint density at radius 2 is 1.64 bits per heavy atom. The fourth-order valence-electron chi connectivity index (χ4n) is 2.14. The van der Waals surface area contributed by atoms with Crippen LogP contribution in [0.3, 0.4) is 0 Å². The summed E-state index contributed by atoms with van der Waals surface area (Å²) in [5, 5.41) is 3.59. The van der Waals surface area contributed by atoms with Crippen molar-refractivity contribution in [3.63, 3.8) is 0 Å². The van der Waals surface area contributed by atoms with Crippen LogP contribution in [-0.2, 0) is 19.7 Å². The summed E-state index contributed by atoms with van der Waals surface area (Å²) in [5.41, 5.74) is 0.317.